The lowest BCUT2D eigenvalue weighted by molar-refractivity contribution is -0.121. The van der Waals surface area contributed by atoms with Gasteiger partial charge in [-0.25, -0.2) is 0 Å². The van der Waals surface area contributed by atoms with Crippen molar-refractivity contribution >= 4 is 5.91 Å². The van der Waals surface area contributed by atoms with Crippen LogP contribution in [0.15, 0.2) is 0 Å². The zero-order chi connectivity index (χ0) is 12.4. The van der Waals surface area contributed by atoms with Gasteiger partial charge in [0, 0.05) is 39.2 Å². The van der Waals surface area contributed by atoms with Crippen LogP contribution in [0.2, 0.25) is 0 Å². The van der Waals surface area contributed by atoms with E-state index >= 15 is 0 Å². The Morgan fingerprint density at radius 1 is 1.50 bits per heavy atom. The van der Waals surface area contributed by atoms with Crippen LogP contribution < -0.4 is 11.1 Å². The van der Waals surface area contributed by atoms with Crippen molar-refractivity contribution in [1.29, 1.82) is 0 Å². The first kappa shape index (κ1) is 15.3. The van der Waals surface area contributed by atoms with Crippen molar-refractivity contribution in [2.45, 2.75) is 25.8 Å². The molecular weight excluding hydrogens is 206 g/mol. The third kappa shape index (κ3) is 8.64. The van der Waals surface area contributed by atoms with Gasteiger partial charge in [-0.2, -0.15) is 0 Å². The normalized spacial score (nSPS) is 12.8. The molecule has 0 aliphatic heterocycles. The molecule has 0 radical (unpaired) electrons. The Morgan fingerprint density at radius 3 is 2.75 bits per heavy atom. The molecule has 96 valence electrons. The molecule has 0 saturated heterocycles. The molecule has 0 aromatic heterocycles. The Morgan fingerprint density at radius 2 is 2.19 bits per heavy atom. The summed E-state index contributed by atoms with van der Waals surface area (Å²) in [5.74, 6) is 0.0366. The van der Waals surface area contributed by atoms with Gasteiger partial charge >= 0.3 is 0 Å². The zero-order valence-electron chi connectivity index (χ0n) is 10.7. The number of ether oxygens (including phenoxy) is 1. The summed E-state index contributed by atoms with van der Waals surface area (Å²) in [6.07, 6.45) is 1.25. The van der Waals surface area contributed by atoms with Gasteiger partial charge < -0.3 is 20.7 Å². The van der Waals surface area contributed by atoms with Crippen molar-refractivity contribution in [3.8, 4) is 0 Å². The number of rotatable bonds is 9. The summed E-state index contributed by atoms with van der Waals surface area (Å²) < 4.78 is 4.96. The van der Waals surface area contributed by atoms with E-state index in [1.165, 1.54) is 0 Å². The van der Waals surface area contributed by atoms with Crippen LogP contribution >= 0.6 is 0 Å². The second-order valence-corrected chi connectivity index (χ2v) is 4.02. The highest BCUT2D eigenvalue weighted by molar-refractivity contribution is 5.76. The lowest BCUT2D eigenvalue weighted by atomic mass is 10.1. The molecule has 0 bridgehead atoms. The van der Waals surface area contributed by atoms with Crippen molar-refractivity contribution in [2.75, 3.05) is 40.4 Å². The van der Waals surface area contributed by atoms with Crippen molar-refractivity contribution in [1.82, 2.24) is 10.2 Å². The molecule has 0 aromatic carbocycles. The molecule has 3 N–H and O–H groups in total. The van der Waals surface area contributed by atoms with Gasteiger partial charge in [0.1, 0.15) is 0 Å². The quantitative estimate of drug-likeness (QED) is 0.577. The van der Waals surface area contributed by atoms with E-state index in [4.69, 9.17) is 10.5 Å². The number of nitrogens with one attached hydrogen (secondary N) is 1. The topological polar surface area (TPSA) is 67.6 Å². The molecule has 0 fully saturated rings. The zero-order valence-corrected chi connectivity index (χ0v) is 10.7. The number of hydrogen-bond acceptors (Lipinski definition) is 4. The van der Waals surface area contributed by atoms with Crippen LogP contribution in [0.1, 0.15) is 19.8 Å². The number of likely N-dealkylation sites (N-methyl/N-ethyl adjacent to an activating group) is 1. The number of carbonyl (C=O) groups excluding carboxylic acids is 1. The summed E-state index contributed by atoms with van der Waals surface area (Å²) in [5.41, 5.74) is 5.68. The molecule has 5 heteroatoms. The predicted octanol–water partition coefficient (Wildman–Crippen LogP) is -0.192. The Labute approximate surface area is 98.3 Å². The number of nitrogens with zero attached hydrogens (tertiary/aromatic N) is 1. The number of carbonyl (C=O) groups is 1. The standard InChI is InChI=1S/C11H25N3O2/c1-4-10(12)9-11(15)13-5-6-14(2)7-8-16-3/h10H,4-9,12H2,1-3H3,(H,13,15). The molecule has 16 heavy (non-hydrogen) atoms. The predicted molar refractivity (Wildman–Crippen MR) is 65.3 cm³/mol. The van der Waals surface area contributed by atoms with E-state index < -0.39 is 0 Å². The molecule has 0 saturated carbocycles. The molecule has 1 atom stereocenters. The maximum Gasteiger partial charge on any atom is 0.221 e. The van der Waals surface area contributed by atoms with Gasteiger partial charge in [0.15, 0.2) is 0 Å². The molecule has 0 aliphatic rings. The average Bonchev–Trinajstić information content (AvgIpc) is 2.26. The third-order valence-corrected chi connectivity index (χ3v) is 2.46. The van der Waals surface area contributed by atoms with Gasteiger partial charge in [-0.3, -0.25) is 4.79 Å². The molecule has 0 aliphatic carbocycles. The summed E-state index contributed by atoms with van der Waals surface area (Å²) in [6.45, 7) is 5.06. The van der Waals surface area contributed by atoms with Crippen LogP contribution in [0.25, 0.3) is 0 Å². The highest BCUT2D eigenvalue weighted by Gasteiger charge is 2.06. The number of nitrogens with two attached hydrogens (primary N) is 1. The summed E-state index contributed by atoms with van der Waals surface area (Å²) in [6, 6.07) is -0.0220. The smallest absolute Gasteiger partial charge is 0.221 e. The van der Waals surface area contributed by atoms with Crippen LogP contribution in [0, 0.1) is 0 Å². The summed E-state index contributed by atoms with van der Waals surface area (Å²) in [5, 5.41) is 2.85. The van der Waals surface area contributed by atoms with E-state index in [-0.39, 0.29) is 11.9 Å². The lowest BCUT2D eigenvalue weighted by Gasteiger charge is -2.16. The fourth-order valence-electron chi connectivity index (χ4n) is 1.20. The van der Waals surface area contributed by atoms with Crippen molar-refractivity contribution < 1.29 is 9.53 Å². The van der Waals surface area contributed by atoms with Crippen LogP contribution in [0.3, 0.4) is 0 Å². The van der Waals surface area contributed by atoms with Crippen LogP contribution in [-0.2, 0) is 9.53 Å². The largest absolute Gasteiger partial charge is 0.383 e. The maximum absolute atomic E-state index is 11.4. The molecule has 0 heterocycles. The van der Waals surface area contributed by atoms with Crippen LogP contribution in [-0.4, -0.2) is 57.2 Å². The third-order valence-electron chi connectivity index (χ3n) is 2.46. The SMILES string of the molecule is CCC(N)CC(=O)NCCN(C)CCOC. The van der Waals surface area contributed by atoms with E-state index in [2.05, 4.69) is 10.2 Å². The molecule has 0 rings (SSSR count). The minimum atomic E-state index is -0.0220. The fourth-order valence-corrected chi connectivity index (χ4v) is 1.20. The molecule has 0 spiro atoms. The van der Waals surface area contributed by atoms with E-state index in [9.17, 15) is 4.79 Å². The monoisotopic (exact) mass is 231 g/mol. The fraction of sp³-hybridized carbons (Fsp3) is 0.909. The number of hydrogen-bond donors (Lipinski definition) is 2. The van der Waals surface area contributed by atoms with Crippen molar-refractivity contribution in [2.24, 2.45) is 5.73 Å². The molecule has 1 unspecified atom stereocenters. The Bertz CT molecular complexity index is 188. The number of methoxy groups -OCH3 is 1. The first-order valence-electron chi connectivity index (χ1n) is 5.79. The summed E-state index contributed by atoms with van der Waals surface area (Å²) in [4.78, 5) is 13.5. The summed E-state index contributed by atoms with van der Waals surface area (Å²) in [7, 11) is 3.69. The van der Waals surface area contributed by atoms with Crippen LogP contribution in [0.5, 0.6) is 0 Å². The first-order valence-corrected chi connectivity index (χ1v) is 5.79. The Balaban J connectivity index is 3.46. The minimum absolute atomic E-state index is 0.0220. The maximum atomic E-state index is 11.4. The van der Waals surface area contributed by atoms with Gasteiger partial charge in [-0.05, 0) is 13.5 Å². The van der Waals surface area contributed by atoms with Gasteiger partial charge in [0.05, 0.1) is 6.61 Å². The van der Waals surface area contributed by atoms with Gasteiger partial charge in [-0.15, -0.1) is 0 Å². The Kier molecular flexibility index (Phi) is 9.18. The molecular formula is C11H25N3O2. The van der Waals surface area contributed by atoms with Gasteiger partial charge in [-0.1, -0.05) is 6.92 Å². The van der Waals surface area contributed by atoms with Gasteiger partial charge in [0.25, 0.3) is 0 Å². The average molecular weight is 231 g/mol. The Hall–Kier alpha value is -0.650. The van der Waals surface area contributed by atoms with E-state index in [0.717, 1.165) is 19.5 Å². The second kappa shape index (κ2) is 9.57. The molecule has 0 aromatic rings. The first-order chi connectivity index (χ1) is 7.60. The van der Waals surface area contributed by atoms with E-state index in [0.29, 0.717) is 19.6 Å². The summed E-state index contributed by atoms with van der Waals surface area (Å²) >= 11 is 0. The molecule has 1 amide bonds. The van der Waals surface area contributed by atoms with Crippen molar-refractivity contribution in [3.63, 3.8) is 0 Å². The minimum Gasteiger partial charge on any atom is -0.383 e. The highest BCUT2D eigenvalue weighted by Crippen LogP contribution is 1.92. The van der Waals surface area contributed by atoms with E-state index in [1.54, 1.807) is 7.11 Å². The van der Waals surface area contributed by atoms with E-state index in [1.807, 2.05) is 14.0 Å². The van der Waals surface area contributed by atoms with Crippen molar-refractivity contribution in [3.05, 3.63) is 0 Å². The second-order valence-electron chi connectivity index (χ2n) is 4.02. The van der Waals surface area contributed by atoms with Gasteiger partial charge in [0.2, 0.25) is 5.91 Å². The highest BCUT2D eigenvalue weighted by atomic mass is 16.5. The van der Waals surface area contributed by atoms with Crippen LogP contribution in [0.4, 0.5) is 0 Å². The number of amides is 1. The molecule has 5 nitrogen and oxygen atoms in total. The lowest BCUT2D eigenvalue weighted by Crippen LogP contribution is -2.36.